The van der Waals surface area contributed by atoms with Gasteiger partial charge in [0.25, 0.3) is 5.91 Å². The number of fused-ring (bicyclic) bond motifs is 1. The van der Waals surface area contributed by atoms with Gasteiger partial charge in [-0.3, -0.25) is 4.79 Å². The Bertz CT molecular complexity index is 1160. The van der Waals surface area contributed by atoms with Crippen LogP contribution in [0.5, 0.6) is 0 Å². The molecule has 4 nitrogen and oxygen atoms in total. The first-order chi connectivity index (χ1) is 15.8. The lowest BCUT2D eigenvalue weighted by molar-refractivity contribution is 0.0953. The molecular weight excluding hydrogens is 394 g/mol. The average Bonchev–Trinajstić information content (AvgIpc) is 3.20. The topological polar surface area (TPSA) is 46.9 Å². The first-order valence-corrected chi connectivity index (χ1v) is 11.3. The molecular formula is C28H29N3O. The average molecular weight is 424 g/mol. The van der Waals surface area contributed by atoms with Gasteiger partial charge in [0, 0.05) is 25.1 Å². The summed E-state index contributed by atoms with van der Waals surface area (Å²) in [6.45, 7) is 1.50. The van der Waals surface area contributed by atoms with Crippen molar-refractivity contribution in [2.24, 2.45) is 0 Å². The summed E-state index contributed by atoms with van der Waals surface area (Å²) in [5.74, 6) is 1.12. The lowest BCUT2D eigenvalue weighted by Gasteiger charge is -2.08. The molecule has 0 saturated carbocycles. The highest BCUT2D eigenvalue weighted by atomic mass is 16.1. The molecule has 4 rings (SSSR count). The van der Waals surface area contributed by atoms with E-state index in [0.717, 1.165) is 43.6 Å². The van der Waals surface area contributed by atoms with Crippen LogP contribution in [0.25, 0.3) is 17.1 Å². The number of benzene rings is 3. The van der Waals surface area contributed by atoms with Crippen molar-refractivity contribution in [1.29, 1.82) is 0 Å². The summed E-state index contributed by atoms with van der Waals surface area (Å²) in [5.41, 5.74) is 4.14. The predicted molar refractivity (Wildman–Crippen MR) is 132 cm³/mol. The Morgan fingerprint density at radius 1 is 0.844 bits per heavy atom. The molecule has 1 heterocycles. The van der Waals surface area contributed by atoms with Gasteiger partial charge in [0.05, 0.1) is 11.0 Å². The second kappa shape index (κ2) is 11.1. The molecule has 1 N–H and O–H groups in total. The highest BCUT2D eigenvalue weighted by Crippen LogP contribution is 2.18. The van der Waals surface area contributed by atoms with Crippen LogP contribution >= 0.6 is 0 Å². The molecule has 4 aromatic rings. The van der Waals surface area contributed by atoms with E-state index in [-0.39, 0.29) is 5.91 Å². The third-order valence-corrected chi connectivity index (χ3v) is 5.53. The lowest BCUT2D eigenvalue weighted by Crippen LogP contribution is -2.24. The van der Waals surface area contributed by atoms with Crippen LogP contribution in [0, 0.1) is 0 Å². The smallest absolute Gasteiger partial charge is 0.251 e. The fourth-order valence-electron chi connectivity index (χ4n) is 3.86. The summed E-state index contributed by atoms with van der Waals surface area (Å²) in [4.78, 5) is 17.0. The maximum atomic E-state index is 12.1. The fraction of sp³-hybridized carbons (Fsp3) is 0.214. The molecule has 0 saturated heterocycles. The SMILES string of the molecule is O=C(NCCCCCc1nc2ccccc2n1C/C=C/c1ccccc1)c1ccccc1. The van der Waals surface area contributed by atoms with Gasteiger partial charge in [-0.2, -0.15) is 0 Å². The minimum Gasteiger partial charge on any atom is -0.352 e. The Morgan fingerprint density at radius 2 is 1.56 bits per heavy atom. The third-order valence-electron chi connectivity index (χ3n) is 5.53. The van der Waals surface area contributed by atoms with E-state index in [1.165, 1.54) is 11.1 Å². The number of unbranched alkanes of at least 4 members (excludes halogenated alkanes) is 2. The number of imidazole rings is 1. The zero-order valence-corrected chi connectivity index (χ0v) is 18.3. The molecule has 0 bridgehead atoms. The Kier molecular flexibility index (Phi) is 7.48. The van der Waals surface area contributed by atoms with E-state index >= 15 is 0 Å². The van der Waals surface area contributed by atoms with Crippen molar-refractivity contribution in [2.75, 3.05) is 6.54 Å². The van der Waals surface area contributed by atoms with Crippen LogP contribution in [-0.4, -0.2) is 22.0 Å². The van der Waals surface area contributed by atoms with Gasteiger partial charge in [-0.1, -0.05) is 79.2 Å². The Morgan fingerprint density at radius 3 is 2.38 bits per heavy atom. The number of nitrogens with one attached hydrogen (secondary N) is 1. The monoisotopic (exact) mass is 423 g/mol. The largest absolute Gasteiger partial charge is 0.352 e. The van der Waals surface area contributed by atoms with Gasteiger partial charge < -0.3 is 9.88 Å². The van der Waals surface area contributed by atoms with Gasteiger partial charge in [0.15, 0.2) is 0 Å². The summed E-state index contributed by atoms with van der Waals surface area (Å²) in [5, 5.41) is 3.01. The molecule has 0 atom stereocenters. The molecule has 1 aromatic heterocycles. The van der Waals surface area contributed by atoms with Crippen molar-refractivity contribution >= 4 is 23.0 Å². The number of para-hydroxylation sites is 2. The molecule has 0 radical (unpaired) electrons. The third kappa shape index (κ3) is 5.73. The zero-order valence-electron chi connectivity index (χ0n) is 18.3. The van der Waals surface area contributed by atoms with Gasteiger partial charge in [-0.15, -0.1) is 0 Å². The molecule has 0 fully saturated rings. The van der Waals surface area contributed by atoms with Crippen molar-refractivity contribution in [3.63, 3.8) is 0 Å². The minimum atomic E-state index is -0.00223. The second-order valence-corrected chi connectivity index (χ2v) is 7.87. The maximum Gasteiger partial charge on any atom is 0.251 e. The highest BCUT2D eigenvalue weighted by molar-refractivity contribution is 5.94. The fourth-order valence-corrected chi connectivity index (χ4v) is 3.86. The summed E-state index contributed by atoms with van der Waals surface area (Å²) in [7, 11) is 0. The standard InChI is InChI=1S/C28H29N3O/c32-28(24-16-6-2-7-17-24)29-21-11-3-8-20-27-30-25-18-9-10-19-26(25)31(27)22-12-15-23-13-4-1-5-14-23/h1-2,4-7,9-10,12-19H,3,8,11,20-22H2,(H,29,32)/b15-12+. The van der Waals surface area contributed by atoms with E-state index in [9.17, 15) is 4.79 Å². The number of rotatable bonds is 10. The van der Waals surface area contributed by atoms with E-state index in [1.807, 2.05) is 42.5 Å². The number of aromatic nitrogens is 2. The van der Waals surface area contributed by atoms with E-state index in [1.54, 1.807) is 0 Å². The minimum absolute atomic E-state index is 0.00223. The number of hydrogen-bond acceptors (Lipinski definition) is 2. The van der Waals surface area contributed by atoms with Gasteiger partial charge in [-0.25, -0.2) is 4.98 Å². The maximum absolute atomic E-state index is 12.1. The number of aryl methyl sites for hydroxylation is 1. The van der Waals surface area contributed by atoms with Gasteiger partial charge in [0.1, 0.15) is 5.82 Å². The summed E-state index contributed by atoms with van der Waals surface area (Å²) in [6.07, 6.45) is 8.36. The van der Waals surface area contributed by atoms with Crippen LogP contribution < -0.4 is 5.32 Å². The lowest BCUT2D eigenvalue weighted by atomic mass is 10.1. The van der Waals surface area contributed by atoms with Gasteiger partial charge in [0.2, 0.25) is 0 Å². The number of carbonyl (C=O) groups excluding carboxylic acids is 1. The number of amides is 1. The van der Waals surface area contributed by atoms with E-state index in [0.29, 0.717) is 12.1 Å². The number of allylic oxidation sites excluding steroid dienone is 1. The summed E-state index contributed by atoms with van der Waals surface area (Å²) < 4.78 is 2.31. The zero-order chi connectivity index (χ0) is 22.0. The Labute approximate surface area is 189 Å². The summed E-state index contributed by atoms with van der Waals surface area (Å²) >= 11 is 0. The van der Waals surface area contributed by atoms with E-state index < -0.39 is 0 Å². The first kappa shape index (κ1) is 21.6. The van der Waals surface area contributed by atoms with E-state index in [4.69, 9.17) is 4.98 Å². The van der Waals surface area contributed by atoms with Crippen molar-refractivity contribution in [2.45, 2.75) is 32.2 Å². The van der Waals surface area contributed by atoms with Crippen molar-refractivity contribution in [3.05, 3.63) is 108 Å². The van der Waals surface area contributed by atoms with Crippen molar-refractivity contribution in [1.82, 2.24) is 14.9 Å². The number of hydrogen-bond donors (Lipinski definition) is 1. The molecule has 0 aliphatic heterocycles. The Balaban J connectivity index is 1.30. The van der Waals surface area contributed by atoms with Crippen LogP contribution in [0.15, 0.2) is 91.0 Å². The molecule has 0 spiro atoms. The molecule has 32 heavy (non-hydrogen) atoms. The molecule has 0 aliphatic carbocycles. The molecule has 0 aliphatic rings. The van der Waals surface area contributed by atoms with Crippen LogP contribution in [0.3, 0.4) is 0 Å². The van der Waals surface area contributed by atoms with Crippen LogP contribution in [0.4, 0.5) is 0 Å². The quantitative estimate of drug-likeness (QED) is 0.323. The van der Waals surface area contributed by atoms with E-state index in [2.05, 4.69) is 64.5 Å². The predicted octanol–water partition coefficient (Wildman–Crippen LogP) is 5.89. The highest BCUT2D eigenvalue weighted by Gasteiger charge is 2.09. The van der Waals surface area contributed by atoms with Crippen molar-refractivity contribution < 1.29 is 4.79 Å². The molecule has 1 amide bonds. The van der Waals surface area contributed by atoms with Crippen molar-refractivity contribution in [3.8, 4) is 0 Å². The normalized spacial score (nSPS) is 11.2. The van der Waals surface area contributed by atoms with Crippen LogP contribution in [0.2, 0.25) is 0 Å². The molecule has 162 valence electrons. The second-order valence-electron chi connectivity index (χ2n) is 7.87. The Hall–Kier alpha value is -3.66. The molecule has 0 unspecified atom stereocenters. The van der Waals surface area contributed by atoms with Gasteiger partial charge in [-0.05, 0) is 42.7 Å². The number of nitrogens with zero attached hydrogens (tertiary/aromatic N) is 2. The van der Waals surface area contributed by atoms with Crippen LogP contribution in [0.1, 0.15) is 41.0 Å². The summed E-state index contributed by atoms with van der Waals surface area (Å²) in [6, 6.07) is 28.1. The molecule has 3 aromatic carbocycles. The number of carbonyl (C=O) groups is 1. The first-order valence-electron chi connectivity index (χ1n) is 11.3. The van der Waals surface area contributed by atoms with Gasteiger partial charge >= 0.3 is 0 Å². The van der Waals surface area contributed by atoms with Crippen LogP contribution in [-0.2, 0) is 13.0 Å². The molecule has 4 heteroatoms.